The van der Waals surface area contributed by atoms with Crippen molar-refractivity contribution in [2.75, 3.05) is 13.2 Å². The van der Waals surface area contributed by atoms with E-state index in [-0.39, 0.29) is 0 Å². The van der Waals surface area contributed by atoms with Crippen LogP contribution in [0.15, 0.2) is 24.4 Å². The third-order valence-electron chi connectivity index (χ3n) is 2.30. The van der Waals surface area contributed by atoms with Gasteiger partial charge in [0.2, 0.25) is 0 Å². The number of hydrogen-bond acceptors (Lipinski definition) is 3. The Balaban J connectivity index is 2.31. The molecule has 4 heteroatoms. The van der Waals surface area contributed by atoms with Crippen LogP contribution in [0.25, 0.3) is 0 Å². The molecular formula is C12H20N2O2. The second-order valence-corrected chi connectivity index (χ2v) is 3.82. The Bertz CT molecular complexity index is 349. The number of ether oxygens (including phenoxy) is 1. The maximum absolute atomic E-state index is 9.70. The number of aliphatic hydroxyl groups is 1. The summed E-state index contributed by atoms with van der Waals surface area (Å²) in [5.41, 5.74) is 0.398. The van der Waals surface area contributed by atoms with Gasteiger partial charge in [-0.1, -0.05) is 19.4 Å². The lowest BCUT2D eigenvalue weighted by atomic mass is 10.3. The number of aromatic nitrogens is 1. The Labute approximate surface area is 96.0 Å². The maximum atomic E-state index is 9.70. The molecule has 1 atom stereocenters. The van der Waals surface area contributed by atoms with Gasteiger partial charge >= 0.3 is 0 Å². The van der Waals surface area contributed by atoms with E-state index < -0.39 is 6.10 Å². The highest BCUT2D eigenvalue weighted by atomic mass is 16.5. The van der Waals surface area contributed by atoms with Gasteiger partial charge in [-0.25, -0.2) is 0 Å². The summed E-state index contributed by atoms with van der Waals surface area (Å²) in [6.45, 7) is 3.54. The molecule has 1 unspecified atom stereocenters. The highest BCUT2D eigenvalue weighted by molar-refractivity contribution is 4.91. The van der Waals surface area contributed by atoms with E-state index in [1.165, 1.54) is 0 Å². The molecule has 0 bridgehead atoms. The lowest BCUT2D eigenvalue weighted by Crippen LogP contribution is -2.28. The summed E-state index contributed by atoms with van der Waals surface area (Å²) in [7, 11) is 0. The summed E-state index contributed by atoms with van der Waals surface area (Å²) in [6.07, 6.45) is 3.36. The lowest BCUT2D eigenvalue weighted by molar-refractivity contribution is 0.0264. The Kier molecular flexibility index (Phi) is 5.82. The molecule has 4 nitrogen and oxygen atoms in total. The van der Waals surface area contributed by atoms with Gasteiger partial charge in [0.15, 0.2) is 0 Å². The highest BCUT2D eigenvalue weighted by Crippen LogP contribution is 1.93. The second-order valence-electron chi connectivity index (χ2n) is 3.82. The van der Waals surface area contributed by atoms with Crippen molar-refractivity contribution in [2.24, 2.45) is 0 Å². The van der Waals surface area contributed by atoms with Crippen LogP contribution in [0.3, 0.4) is 0 Å². The summed E-state index contributed by atoms with van der Waals surface area (Å²) < 4.78 is 7.03. The molecule has 0 spiro atoms. The van der Waals surface area contributed by atoms with Crippen LogP contribution in [-0.4, -0.2) is 29.0 Å². The molecule has 0 saturated carbocycles. The van der Waals surface area contributed by atoms with E-state index in [4.69, 9.17) is 10.1 Å². The van der Waals surface area contributed by atoms with Crippen molar-refractivity contribution in [3.63, 3.8) is 0 Å². The van der Waals surface area contributed by atoms with Crippen LogP contribution < -0.4 is 5.49 Å². The van der Waals surface area contributed by atoms with Gasteiger partial charge in [-0.15, -0.1) is 0 Å². The Hall–Kier alpha value is -1.13. The van der Waals surface area contributed by atoms with Gasteiger partial charge in [-0.2, -0.15) is 0 Å². The molecule has 16 heavy (non-hydrogen) atoms. The molecule has 0 aliphatic carbocycles. The molecule has 2 N–H and O–H groups in total. The predicted molar refractivity (Wildman–Crippen MR) is 62.0 cm³/mol. The molecule has 0 fully saturated rings. The summed E-state index contributed by atoms with van der Waals surface area (Å²) >= 11 is 0. The number of aliphatic hydroxyl groups excluding tert-OH is 1. The fourth-order valence-electron chi connectivity index (χ4n) is 1.38. The van der Waals surface area contributed by atoms with Crippen molar-refractivity contribution in [3.8, 4) is 0 Å². The summed E-state index contributed by atoms with van der Waals surface area (Å²) in [5, 5.41) is 17.3. The van der Waals surface area contributed by atoms with E-state index in [1.54, 1.807) is 16.8 Å². The van der Waals surface area contributed by atoms with E-state index in [9.17, 15) is 5.11 Å². The molecular weight excluding hydrogens is 204 g/mol. The molecule has 1 aromatic rings. The van der Waals surface area contributed by atoms with Crippen molar-refractivity contribution < 1.29 is 9.84 Å². The fraction of sp³-hybridized carbons (Fsp3) is 0.583. The predicted octanol–water partition coefficient (Wildman–Crippen LogP) is 1.15. The maximum Gasteiger partial charge on any atom is 0.124 e. The molecule has 0 aliphatic heterocycles. The van der Waals surface area contributed by atoms with Gasteiger partial charge in [0.25, 0.3) is 0 Å². The van der Waals surface area contributed by atoms with Crippen LogP contribution in [0.5, 0.6) is 0 Å². The summed E-state index contributed by atoms with van der Waals surface area (Å²) in [4.78, 5) is 0. The molecule has 0 aromatic carbocycles. The van der Waals surface area contributed by atoms with Crippen LogP contribution in [0.2, 0.25) is 0 Å². The first-order valence-corrected chi connectivity index (χ1v) is 5.70. The summed E-state index contributed by atoms with van der Waals surface area (Å²) in [5.74, 6) is 0. The van der Waals surface area contributed by atoms with Crippen LogP contribution in [-0.2, 0) is 11.3 Å². The van der Waals surface area contributed by atoms with Crippen molar-refractivity contribution in [2.45, 2.75) is 32.4 Å². The monoisotopic (exact) mass is 224 g/mol. The van der Waals surface area contributed by atoms with Crippen molar-refractivity contribution >= 4 is 0 Å². The minimum absolute atomic E-state index is 0.335. The number of pyridine rings is 1. The first-order chi connectivity index (χ1) is 7.74. The molecule has 0 aliphatic rings. The number of unbranched alkanes of at least 4 members (excludes halogenated alkanes) is 1. The van der Waals surface area contributed by atoms with Gasteiger partial charge in [-0.05, 0) is 18.6 Å². The Morgan fingerprint density at radius 2 is 2.31 bits per heavy atom. The molecule has 1 aromatic heterocycles. The largest absolute Gasteiger partial charge is 0.389 e. The van der Waals surface area contributed by atoms with Crippen LogP contribution in [0, 0.1) is 5.41 Å². The fourth-order valence-corrected chi connectivity index (χ4v) is 1.38. The Morgan fingerprint density at radius 1 is 1.50 bits per heavy atom. The van der Waals surface area contributed by atoms with E-state index in [1.807, 2.05) is 12.1 Å². The zero-order valence-electron chi connectivity index (χ0n) is 9.72. The Morgan fingerprint density at radius 3 is 3.00 bits per heavy atom. The standard InChI is InChI=1S/C12H20N2O2/c1-2-3-8-16-10-11(15)9-14-7-5-4-6-12(14)13/h4-7,11,13,15H,2-3,8-10H2,1H3. The van der Waals surface area contributed by atoms with Crippen LogP contribution >= 0.6 is 0 Å². The van der Waals surface area contributed by atoms with Crippen LogP contribution in [0.1, 0.15) is 19.8 Å². The first-order valence-electron chi connectivity index (χ1n) is 5.70. The lowest BCUT2D eigenvalue weighted by Gasteiger charge is -2.13. The molecule has 0 radical (unpaired) electrons. The highest BCUT2D eigenvalue weighted by Gasteiger charge is 2.04. The second kappa shape index (κ2) is 7.19. The number of nitrogens with zero attached hydrogens (tertiary/aromatic N) is 1. The number of rotatable bonds is 7. The topological polar surface area (TPSA) is 58.2 Å². The summed E-state index contributed by atoms with van der Waals surface area (Å²) in [6, 6.07) is 5.36. The zero-order chi connectivity index (χ0) is 11.8. The average molecular weight is 224 g/mol. The van der Waals surface area contributed by atoms with Crippen molar-refractivity contribution in [3.05, 3.63) is 29.9 Å². The van der Waals surface area contributed by atoms with Gasteiger partial charge < -0.3 is 14.4 Å². The van der Waals surface area contributed by atoms with Crippen molar-refractivity contribution in [1.82, 2.24) is 4.57 Å². The van der Waals surface area contributed by atoms with E-state index >= 15 is 0 Å². The number of hydrogen-bond donors (Lipinski definition) is 2. The van der Waals surface area contributed by atoms with Crippen LogP contribution in [0.4, 0.5) is 0 Å². The zero-order valence-corrected chi connectivity index (χ0v) is 9.72. The SMILES string of the molecule is CCCCOCC(O)Cn1ccccc1=N. The van der Waals surface area contributed by atoms with Crippen molar-refractivity contribution in [1.29, 1.82) is 5.41 Å². The molecule has 1 heterocycles. The molecule has 0 saturated heterocycles. The van der Waals surface area contributed by atoms with E-state index in [2.05, 4.69) is 6.92 Å². The third kappa shape index (κ3) is 4.59. The molecule has 0 amide bonds. The minimum Gasteiger partial charge on any atom is -0.389 e. The normalized spacial score (nSPS) is 12.6. The number of nitrogens with one attached hydrogen (secondary N) is 1. The average Bonchev–Trinajstić information content (AvgIpc) is 2.28. The molecule has 90 valence electrons. The van der Waals surface area contributed by atoms with E-state index in [0.29, 0.717) is 25.2 Å². The van der Waals surface area contributed by atoms with Gasteiger partial charge in [0, 0.05) is 12.8 Å². The quantitative estimate of drug-likeness (QED) is 0.682. The van der Waals surface area contributed by atoms with Gasteiger partial charge in [0.05, 0.1) is 19.3 Å². The smallest absolute Gasteiger partial charge is 0.124 e. The van der Waals surface area contributed by atoms with Gasteiger partial charge in [0.1, 0.15) is 5.49 Å². The first kappa shape index (κ1) is 12.9. The minimum atomic E-state index is -0.548. The third-order valence-corrected chi connectivity index (χ3v) is 2.30. The van der Waals surface area contributed by atoms with E-state index in [0.717, 1.165) is 12.8 Å². The molecule has 1 rings (SSSR count). The van der Waals surface area contributed by atoms with Gasteiger partial charge in [-0.3, -0.25) is 5.41 Å².